The Labute approximate surface area is 85.2 Å². The molecule has 0 amide bonds. The molecule has 0 saturated carbocycles. The third kappa shape index (κ3) is 3.82. The molecule has 0 aromatic heterocycles. The number of nitrogens with one attached hydrogen (secondary N) is 1. The fourth-order valence-electron chi connectivity index (χ4n) is 1.16. The maximum atomic E-state index is 11.8. The molecule has 0 bridgehead atoms. The molecule has 4 nitrogen and oxygen atoms in total. The topological polar surface area (TPSA) is 47.6 Å². The van der Waals surface area contributed by atoms with Crippen LogP contribution in [0.3, 0.4) is 0 Å². The molecule has 14 heavy (non-hydrogen) atoms. The molecule has 1 N–H and O–H groups in total. The Morgan fingerprint density at radius 1 is 1.50 bits per heavy atom. The highest BCUT2D eigenvalue weighted by molar-refractivity contribution is 7.57. The van der Waals surface area contributed by atoms with Gasteiger partial charge in [-0.1, -0.05) is 6.92 Å². The lowest BCUT2D eigenvalue weighted by molar-refractivity contribution is 0.153. The van der Waals surface area contributed by atoms with Crippen molar-refractivity contribution in [3.63, 3.8) is 0 Å². The molecule has 1 saturated heterocycles. The average Bonchev–Trinajstić information content (AvgIpc) is 2.15. The lowest BCUT2D eigenvalue weighted by Gasteiger charge is -2.20. The smallest absolute Gasteiger partial charge is 0.355 e. The van der Waals surface area contributed by atoms with Crippen LogP contribution < -0.4 is 5.32 Å². The van der Waals surface area contributed by atoms with Crippen LogP contribution in [0.25, 0.3) is 0 Å². The van der Waals surface area contributed by atoms with E-state index < -0.39 is 7.60 Å². The van der Waals surface area contributed by atoms with E-state index in [4.69, 9.17) is 9.05 Å². The van der Waals surface area contributed by atoms with E-state index in [0.717, 1.165) is 25.1 Å². The summed E-state index contributed by atoms with van der Waals surface area (Å²) < 4.78 is 22.1. The number of hydrogen-bond acceptors (Lipinski definition) is 4. The van der Waals surface area contributed by atoms with E-state index >= 15 is 0 Å². The van der Waals surface area contributed by atoms with E-state index in [2.05, 4.69) is 12.2 Å². The van der Waals surface area contributed by atoms with E-state index in [1.165, 1.54) is 0 Å². The Balaban J connectivity index is 2.50. The summed E-state index contributed by atoms with van der Waals surface area (Å²) in [5.41, 5.74) is 0.858. The Morgan fingerprint density at radius 3 is 2.71 bits per heavy atom. The van der Waals surface area contributed by atoms with Crippen LogP contribution in [0.5, 0.6) is 0 Å². The van der Waals surface area contributed by atoms with Crippen molar-refractivity contribution in [2.45, 2.75) is 26.7 Å². The molecule has 1 fully saturated rings. The summed E-state index contributed by atoms with van der Waals surface area (Å²) in [5, 5.41) is 3.13. The van der Waals surface area contributed by atoms with Gasteiger partial charge in [-0.05, 0) is 19.8 Å². The van der Waals surface area contributed by atoms with Crippen LogP contribution in [0.15, 0.2) is 11.5 Å². The van der Waals surface area contributed by atoms with Crippen molar-refractivity contribution in [3.8, 4) is 0 Å². The van der Waals surface area contributed by atoms with Crippen molar-refractivity contribution < 1.29 is 13.6 Å². The van der Waals surface area contributed by atoms with Gasteiger partial charge in [-0.25, -0.2) is 0 Å². The van der Waals surface area contributed by atoms with Gasteiger partial charge in [0, 0.05) is 18.1 Å². The van der Waals surface area contributed by atoms with Crippen molar-refractivity contribution in [2.24, 2.45) is 0 Å². The van der Waals surface area contributed by atoms with Crippen LogP contribution in [0.4, 0.5) is 0 Å². The summed E-state index contributed by atoms with van der Waals surface area (Å²) in [6.07, 6.45) is 1.86. The van der Waals surface area contributed by atoms with Gasteiger partial charge in [0.1, 0.15) is 0 Å². The highest BCUT2D eigenvalue weighted by Gasteiger charge is 2.25. The Kier molecular flexibility index (Phi) is 4.66. The van der Waals surface area contributed by atoms with E-state index in [9.17, 15) is 4.57 Å². The van der Waals surface area contributed by atoms with E-state index in [1.807, 2.05) is 6.92 Å². The third-order valence-electron chi connectivity index (χ3n) is 1.84. The van der Waals surface area contributed by atoms with E-state index in [-0.39, 0.29) is 0 Å². The minimum absolute atomic E-state index is 0.523. The van der Waals surface area contributed by atoms with Gasteiger partial charge in [0.25, 0.3) is 0 Å². The van der Waals surface area contributed by atoms with Crippen molar-refractivity contribution in [2.75, 3.05) is 19.8 Å². The van der Waals surface area contributed by atoms with Crippen LogP contribution in [0, 0.1) is 0 Å². The second-order valence-corrected chi connectivity index (χ2v) is 5.15. The van der Waals surface area contributed by atoms with Crippen LogP contribution in [-0.2, 0) is 13.6 Å². The zero-order valence-electron chi connectivity index (χ0n) is 8.78. The molecule has 0 radical (unpaired) electrons. The number of hydrogen-bond donors (Lipinski definition) is 1. The maximum absolute atomic E-state index is 11.8. The third-order valence-corrected chi connectivity index (χ3v) is 3.63. The summed E-state index contributed by atoms with van der Waals surface area (Å²) in [6.45, 7) is 5.87. The first kappa shape index (κ1) is 11.8. The lowest BCUT2D eigenvalue weighted by Crippen LogP contribution is -2.13. The zero-order chi connectivity index (χ0) is 10.4. The molecule has 1 rings (SSSR count). The van der Waals surface area contributed by atoms with E-state index in [0.29, 0.717) is 13.2 Å². The SMILES string of the molecule is CCCN/C(C)=C/P1(=O)OCCCO1. The highest BCUT2D eigenvalue weighted by Crippen LogP contribution is 2.52. The molecule has 1 heterocycles. The first-order valence-corrected chi connectivity index (χ1v) is 6.59. The zero-order valence-corrected chi connectivity index (χ0v) is 9.68. The molecule has 0 aromatic carbocycles. The van der Waals surface area contributed by atoms with Crippen LogP contribution >= 0.6 is 7.60 Å². The van der Waals surface area contributed by atoms with Crippen molar-refractivity contribution in [3.05, 3.63) is 11.5 Å². The van der Waals surface area contributed by atoms with Crippen molar-refractivity contribution >= 4 is 7.60 Å². The van der Waals surface area contributed by atoms with Crippen LogP contribution in [0.2, 0.25) is 0 Å². The summed E-state index contributed by atoms with van der Waals surface area (Å²) in [6, 6.07) is 0. The highest BCUT2D eigenvalue weighted by atomic mass is 31.2. The standard InChI is InChI=1S/C9H18NO3P/c1-3-5-10-9(2)8-14(11)12-6-4-7-13-14/h8,10H,3-7H2,1-2H3/b9-8+. The maximum Gasteiger partial charge on any atom is 0.355 e. The first-order chi connectivity index (χ1) is 6.66. The Hall–Kier alpha value is -0.310. The molecule has 0 aromatic rings. The minimum Gasteiger partial charge on any atom is -0.388 e. The predicted molar refractivity (Wildman–Crippen MR) is 56.2 cm³/mol. The molecule has 0 aliphatic carbocycles. The van der Waals surface area contributed by atoms with Crippen molar-refractivity contribution in [1.82, 2.24) is 5.32 Å². The molecule has 1 aliphatic rings. The molecular weight excluding hydrogens is 201 g/mol. The van der Waals surface area contributed by atoms with Gasteiger partial charge >= 0.3 is 7.60 Å². The summed E-state index contributed by atoms with van der Waals surface area (Å²) in [7, 11) is -2.93. The van der Waals surface area contributed by atoms with Gasteiger partial charge < -0.3 is 14.4 Å². The van der Waals surface area contributed by atoms with Gasteiger partial charge in [0.05, 0.1) is 13.2 Å². The fraction of sp³-hybridized carbons (Fsp3) is 0.778. The Bertz CT molecular complexity index is 242. The molecule has 0 atom stereocenters. The predicted octanol–water partition coefficient (Wildman–Crippen LogP) is 2.48. The molecule has 1 aliphatic heterocycles. The minimum atomic E-state index is -2.93. The fourth-order valence-corrected chi connectivity index (χ4v) is 2.72. The van der Waals surface area contributed by atoms with Gasteiger partial charge in [-0.3, -0.25) is 4.57 Å². The quantitative estimate of drug-likeness (QED) is 0.738. The van der Waals surface area contributed by atoms with Crippen LogP contribution in [-0.4, -0.2) is 19.8 Å². The number of allylic oxidation sites excluding steroid dienone is 1. The number of rotatable bonds is 4. The van der Waals surface area contributed by atoms with Gasteiger partial charge in [0.15, 0.2) is 0 Å². The molecule has 0 spiro atoms. The van der Waals surface area contributed by atoms with Gasteiger partial charge in [0.2, 0.25) is 0 Å². The summed E-state index contributed by atoms with van der Waals surface area (Å²) in [5.74, 6) is 1.57. The lowest BCUT2D eigenvalue weighted by atomic mass is 10.4. The summed E-state index contributed by atoms with van der Waals surface area (Å²) >= 11 is 0. The van der Waals surface area contributed by atoms with Crippen LogP contribution in [0.1, 0.15) is 26.7 Å². The molecule has 5 heteroatoms. The first-order valence-electron chi connectivity index (χ1n) is 4.98. The normalized spacial score (nSPS) is 22.0. The van der Waals surface area contributed by atoms with Gasteiger partial charge in [-0.15, -0.1) is 0 Å². The molecule has 82 valence electrons. The van der Waals surface area contributed by atoms with Crippen molar-refractivity contribution in [1.29, 1.82) is 0 Å². The monoisotopic (exact) mass is 219 g/mol. The largest absolute Gasteiger partial charge is 0.388 e. The summed E-state index contributed by atoms with van der Waals surface area (Å²) in [4.78, 5) is 0. The van der Waals surface area contributed by atoms with Gasteiger partial charge in [-0.2, -0.15) is 0 Å². The average molecular weight is 219 g/mol. The molecule has 0 unspecified atom stereocenters. The van der Waals surface area contributed by atoms with E-state index in [1.54, 1.807) is 5.82 Å². The second kappa shape index (κ2) is 5.54. The second-order valence-electron chi connectivity index (χ2n) is 3.30. The molecular formula is C9H18NO3P. The Morgan fingerprint density at radius 2 is 2.14 bits per heavy atom.